The fourth-order valence-corrected chi connectivity index (χ4v) is 6.63. The van der Waals surface area contributed by atoms with Crippen LogP contribution in [0.4, 0.5) is 0 Å². The van der Waals surface area contributed by atoms with Crippen molar-refractivity contribution in [2.24, 2.45) is 7.05 Å². The highest BCUT2D eigenvalue weighted by Crippen LogP contribution is 2.29. The quantitative estimate of drug-likeness (QED) is 0.305. The topological polar surface area (TPSA) is 95.9 Å². The highest BCUT2D eigenvalue weighted by atomic mass is 32.2. The second kappa shape index (κ2) is 11.2. The van der Waals surface area contributed by atoms with Crippen LogP contribution >= 0.6 is 0 Å². The van der Waals surface area contributed by atoms with E-state index in [2.05, 4.69) is 55.6 Å². The van der Waals surface area contributed by atoms with Gasteiger partial charge < -0.3 is 9.47 Å². The van der Waals surface area contributed by atoms with Crippen LogP contribution in [-0.4, -0.2) is 58.0 Å². The summed E-state index contributed by atoms with van der Waals surface area (Å²) < 4.78 is 31.3. The van der Waals surface area contributed by atoms with E-state index in [0.29, 0.717) is 30.5 Å². The van der Waals surface area contributed by atoms with Gasteiger partial charge in [-0.25, -0.2) is 18.1 Å². The Balaban J connectivity index is 1.34. The molecule has 3 heterocycles. The van der Waals surface area contributed by atoms with Crippen molar-refractivity contribution in [2.75, 3.05) is 18.8 Å². The molecule has 5 rings (SSSR count). The lowest BCUT2D eigenvalue weighted by molar-refractivity contribution is 0.269. The minimum Gasteiger partial charge on any atom is -0.350 e. The zero-order valence-corrected chi connectivity index (χ0v) is 22.4. The van der Waals surface area contributed by atoms with Gasteiger partial charge in [0.25, 0.3) is 0 Å². The molecule has 8 nitrogen and oxygen atoms in total. The SMILES string of the molecule is CC1CCCN1CCCS(=O)(=O)N[C@H](CCc1ccccc1)c1nc(-c2cn(C)c3ccccc23)n[nH]1. The van der Waals surface area contributed by atoms with Gasteiger partial charge in [-0.15, -0.1) is 0 Å². The summed E-state index contributed by atoms with van der Waals surface area (Å²) in [6, 6.07) is 18.3. The lowest BCUT2D eigenvalue weighted by atomic mass is 10.1. The molecule has 1 aliphatic rings. The Morgan fingerprint density at radius 2 is 1.92 bits per heavy atom. The van der Waals surface area contributed by atoms with E-state index in [4.69, 9.17) is 4.98 Å². The standard InChI is InChI=1S/C28H36N6O2S/c1-21-10-8-17-34(21)18-9-19-37(35,36)32-25(16-15-22-11-4-3-5-12-22)28-29-27(30-31-28)24-20-33(2)26-14-7-6-13-23(24)26/h3-7,11-14,20-21,25,32H,8-10,15-19H2,1-2H3,(H,29,30,31)/t21?,25-/m1/s1. The molecule has 0 bridgehead atoms. The van der Waals surface area contributed by atoms with Crippen molar-refractivity contribution in [1.29, 1.82) is 0 Å². The lowest BCUT2D eigenvalue weighted by Crippen LogP contribution is -2.34. The zero-order chi connectivity index (χ0) is 25.8. The number of fused-ring (bicyclic) bond motifs is 1. The largest absolute Gasteiger partial charge is 0.350 e. The number of aryl methyl sites for hydroxylation is 2. The van der Waals surface area contributed by atoms with Crippen molar-refractivity contribution in [1.82, 2.24) is 29.4 Å². The molecule has 0 aliphatic carbocycles. The molecule has 0 saturated carbocycles. The van der Waals surface area contributed by atoms with Gasteiger partial charge >= 0.3 is 0 Å². The average molecular weight is 521 g/mol. The number of sulfonamides is 1. The van der Waals surface area contributed by atoms with Gasteiger partial charge in [0.15, 0.2) is 5.82 Å². The molecular formula is C28H36N6O2S. The van der Waals surface area contributed by atoms with Crippen molar-refractivity contribution in [3.63, 3.8) is 0 Å². The number of hydrogen-bond acceptors (Lipinski definition) is 5. The molecule has 1 aliphatic heterocycles. The molecule has 0 amide bonds. The Kier molecular flexibility index (Phi) is 7.73. The molecule has 1 unspecified atom stereocenters. The highest BCUT2D eigenvalue weighted by Gasteiger charge is 2.25. The summed E-state index contributed by atoms with van der Waals surface area (Å²) in [5.74, 6) is 1.21. The Labute approximate surface area is 219 Å². The molecule has 1 saturated heterocycles. The Morgan fingerprint density at radius 3 is 2.70 bits per heavy atom. The number of rotatable bonds is 11. The average Bonchev–Trinajstić information content (AvgIpc) is 3.62. The summed E-state index contributed by atoms with van der Waals surface area (Å²) in [6.07, 6.45) is 6.32. The first-order chi connectivity index (χ1) is 17.9. The third-order valence-corrected chi connectivity index (χ3v) is 8.88. The van der Waals surface area contributed by atoms with Crippen LogP contribution in [0.1, 0.15) is 50.0 Å². The fourth-order valence-electron chi connectivity index (χ4n) is 5.34. The van der Waals surface area contributed by atoms with Crippen molar-refractivity contribution in [3.8, 4) is 11.4 Å². The van der Waals surface area contributed by atoms with E-state index in [1.165, 1.54) is 12.8 Å². The number of nitrogens with one attached hydrogen (secondary N) is 2. The van der Waals surface area contributed by atoms with Crippen LogP contribution in [0.25, 0.3) is 22.3 Å². The predicted molar refractivity (Wildman–Crippen MR) is 148 cm³/mol. The minimum atomic E-state index is -3.50. The molecule has 2 atom stereocenters. The monoisotopic (exact) mass is 520 g/mol. The van der Waals surface area contributed by atoms with E-state index < -0.39 is 16.1 Å². The van der Waals surface area contributed by atoms with Gasteiger partial charge in [-0.2, -0.15) is 5.10 Å². The van der Waals surface area contributed by atoms with Gasteiger partial charge in [0.1, 0.15) is 5.82 Å². The van der Waals surface area contributed by atoms with Crippen LogP contribution in [0.2, 0.25) is 0 Å². The fraction of sp³-hybridized carbons (Fsp3) is 0.429. The summed E-state index contributed by atoms with van der Waals surface area (Å²) in [5, 5.41) is 8.59. The van der Waals surface area contributed by atoms with Gasteiger partial charge in [0.05, 0.1) is 11.8 Å². The van der Waals surface area contributed by atoms with E-state index in [-0.39, 0.29) is 5.75 Å². The second-order valence-corrected chi connectivity index (χ2v) is 12.0. The van der Waals surface area contributed by atoms with Crippen LogP contribution in [0, 0.1) is 0 Å². The molecule has 196 valence electrons. The number of para-hydroxylation sites is 1. The van der Waals surface area contributed by atoms with Crippen LogP contribution < -0.4 is 4.72 Å². The number of benzene rings is 2. The van der Waals surface area contributed by atoms with Gasteiger partial charge in [0, 0.05) is 35.8 Å². The van der Waals surface area contributed by atoms with Crippen LogP contribution in [0.15, 0.2) is 60.8 Å². The number of likely N-dealkylation sites (tertiary alicyclic amines) is 1. The van der Waals surface area contributed by atoms with Crippen LogP contribution in [0.5, 0.6) is 0 Å². The van der Waals surface area contributed by atoms with E-state index in [1.807, 2.05) is 43.6 Å². The molecule has 2 aromatic heterocycles. The molecule has 2 N–H and O–H groups in total. The molecule has 1 fully saturated rings. The normalized spacial score (nSPS) is 17.5. The van der Waals surface area contributed by atoms with E-state index in [9.17, 15) is 8.42 Å². The summed E-state index contributed by atoms with van der Waals surface area (Å²) in [5.41, 5.74) is 3.17. The minimum absolute atomic E-state index is 0.0996. The number of nitrogens with zero attached hydrogens (tertiary/aromatic N) is 4. The maximum absolute atomic E-state index is 13.1. The third kappa shape index (κ3) is 6.11. The summed E-state index contributed by atoms with van der Waals surface area (Å²) in [6.45, 7) is 4.09. The van der Waals surface area contributed by atoms with Crippen LogP contribution in [-0.2, 0) is 23.5 Å². The Bertz CT molecular complexity index is 1430. The predicted octanol–water partition coefficient (Wildman–Crippen LogP) is 4.43. The zero-order valence-electron chi connectivity index (χ0n) is 21.6. The summed E-state index contributed by atoms with van der Waals surface area (Å²) in [4.78, 5) is 7.16. The van der Waals surface area contributed by atoms with Gasteiger partial charge in [-0.05, 0) is 63.7 Å². The number of aromatic nitrogens is 4. The number of hydrogen-bond donors (Lipinski definition) is 2. The maximum Gasteiger partial charge on any atom is 0.212 e. The molecule has 2 aromatic carbocycles. The van der Waals surface area contributed by atoms with E-state index in [1.54, 1.807) is 0 Å². The first-order valence-corrected chi connectivity index (χ1v) is 14.8. The Hall–Kier alpha value is -3.01. The molecule has 0 spiro atoms. The van der Waals surface area contributed by atoms with Crippen molar-refractivity contribution < 1.29 is 8.42 Å². The first-order valence-electron chi connectivity index (χ1n) is 13.1. The van der Waals surface area contributed by atoms with Crippen LogP contribution in [0.3, 0.4) is 0 Å². The second-order valence-electron chi connectivity index (χ2n) is 10.1. The lowest BCUT2D eigenvalue weighted by Gasteiger charge is -2.21. The molecular weight excluding hydrogens is 484 g/mol. The van der Waals surface area contributed by atoms with Crippen molar-refractivity contribution in [3.05, 3.63) is 72.2 Å². The smallest absolute Gasteiger partial charge is 0.212 e. The molecule has 0 radical (unpaired) electrons. The third-order valence-electron chi connectivity index (χ3n) is 7.41. The van der Waals surface area contributed by atoms with Gasteiger partial charge in [0.2, 0.25) is 10.0 Å². The first kappa shape index (κ1) is 25.6. The van der Waals surface area contributed by atoms with Gasteiger partial charge in [-0.1, -0.05) is 48.5 Å². The van der Waals surface area contributed by atoms with E-state index in [0.717, 1.165) is 41.5 Å². The number of H-pyrrole nitrogens is 1. The van der Waals surface area contributed by atoms with Crippen molar-refractivity contribution >= 4 is 20.9 Å². The van der Waals surface area contributed by atoms with E-state index >= 15 is 0 Å². The Morgan fingerprint density at radius 1 is 1.14 bits per heavy atom. The summed E-state index contributed by atoms with van der Waals surface area (Å²) >= 11 is 0. The maximum atomic E-state index is 13.1. The van der Waals surface area contributed by atoms with Gasteiger partial charge in [-0.3, -0.25) is 5.10 Å². The highest BCUT2D eigenvalue weighted by molar-refractivity contribution is 7.89. The molecule has 9 heteroatoms. The van der Waals surface area contributed by atoms with Crippen molar-refractivity contribution in [2.45, 2.75) is 51.1 Å². The molecule has 37 heavy (non-hydrogen) atoms. The molecule has 4 aromatic rings. The summed E-state index contributed by atoms with van der Waals surface area (Å²) in [7, 11) is -1.50. The number of aromatic amines is 1.